The van der Waals surface area contributed by atoms with Gasteiger partial charge in [-0.2, -0.15) is 0 Å². The van der Waals surface area contributed by atoms with Crippen LogP contribution in [0.2, 0.25) is 0 Å². The Morgan fingerprint density at radius 2 is 0.796 bits per heavy atom. The molecule has 0 aromatic carbocycles. The van der Waals surface area contributed by atoms with Gasteiger partial charge in [0.25, 0.3) is 0 Å². The maximum Gasteiger partial charge on any atom is 0.306 e. The van der Waals surface area contributed by atoms with Gasteiger partial charge in [-0.05, 0) is 57.8 Å². The molecule has 0 aromatic heterocycles. The molecule has 49 heavy (non-hydrogen) atoms. The number of unbranched alkanes of at least 4 members (excludes halogenated alkanes) is 13. The molecule has 280 valence electrons. The van der Waals surface area contributed by atoms with Crippen molar-refractivity contribution in [1.82, 2.24) is 0 Å². The predicted molar refractivity (Wildman–Crippen MR) is 205 cm³/mol. The molecule has 0 unspecified atom stereocenters. The van der Waals surface area contributed by atoms with Crippen LogP contribution in [0.25, 0.3) is 0 Å². The number of hydrogen-bond acceptors (Lipinski definition) is 6. The van der Waals surface area contributed by atoms with Gasteiger partial charge in [0.05, 0.1) is 0 Å². The zero-order chi connectivity index (χ0) is 35.9. The third kappa shape index (κ3) is 36.2. The van der Waals surface area contributed by atoms with Gasteiger partial charge < -0.3 is 14.2 Å². The van der Waals surface area contributed by atoms with E-state index in [1.807, 2.05) is 0 Å². The Balaban J connectivity index is 4.42. The Hall–Kier alpha value is -2.89. The Kier molecular flexibility index (Phi) is 35.7. The van der Waals surface area contributed by atoms with Crippen molar-refractivity contribution in [2.45, 2.75) is 181 Å². The molecule has 0 aliphatic rings. The summed E-state index contributed by atoms with van der Waals surface area (Å²) >= 11 is 0. The van der Waals surface area contributed by atoms with Crippen molar-refractivity contribution in [3.63, 3.8) is 0 Å². The highest BCUT2D eigenvalue weighted by molar-refractivity contribution is 5.71. The van der Waals surface area contributed by atoms with E-state index in [1.54, 1.807) is 0 Å². The van der Waals surface area contributed by atoms with Gasteiger partial charge in [0.1, 0.15) is 13.2 Å². The first-order valence-electron chi connectivity index (χ1n) is 19.8. The summed E-state index contributed by atoms with van der Waals surface area (Å²) in [7, 11) is 0. The van der Waals surface area contributed by atoms with Gasteiger partial charge in [0.2, 0.25) is 0 Å². The molecule has 0 atom stereocenters. The number of esters is 3. The van der Waals surface area contributed by atoms with Gasteiger partial charge in [-0.25, -0.2) is 0 Å². The van der Waals surface area contributed by atoms with Crippen LogP contribution in [0.4, 0.5) is 0 Å². The van der Waals surface area contributed by atoms with E-state index in [1.165, 1.54) is 51.4 Å². The summed E-state index contributed by atoms with van der Waals surface area (Å²) < 4.78 is 16.5. The molecule has 0 N–H and O–H groups in total. The quantitative estimate of drug-likeness (QED) is 0.0290. The average molecular weight is 685 g/mol. The van der Waals surface area contributed by atoms with Crippen LogP contribution < -0.4 is 0 Å². The number of carbonyl (C=O) groups excluding carboxylic acids is 3. The normalized spacial score (nSPS) is 12.1. The second kappa shape index (κ2) is 37.9. The van der Waals surface area contributed by atoms with E-state index in [0.29, 0.717) is 19.3 Å². The first kappa shape index (κ1) is 46.1. The zero-order valence-corrected chi connectivity index (χ0v) is 31.7. The summed E-state index contributed by atoms with van der Waals surface area (Å²) in [6.07, 6.45) is 43.7. The van der Waals surface area contributed by atoms with Crippen molar-refractivity contribution in [3.8, 4) is 0 Å². The molecule has 0 aliphatic heterocycles. The minimum atomic E-state index is -0.794. The van der Waals surface area contributed by atoms with E-state index in [4.69, 9.17) is 14.2 Å². The lowest BCUT2D eigenvalue weighted by Gasteiger charge is -2.18. The first-order valence-corrected chi connectivity index (χ1v) is 19.8. The van der Waals surface area contributed by atoms with Gasteiger partial charge in [-0.1, -0.05) is 159 Å². The average Bonchev–Trinajstić information content (AvgIpc) is 3.10. The summed E-state index contributed by atoms with van der Waals surface area (Å²) in [5, 5.41) is 0. The standard InChI is InChI=1S/C43H72O6/c1-4-7-10-13-16-17-18-19-20-21-22-23-24-25-28-31-34-37-43(46)49-40(38-47-41(44)35-32-29-26-14-11-8-5-2)39-48-42(45)36-33-30-27-15-12-9-6-3/h7,10,16-17,19-20,22-23,25,28,40H,4-6,8-9,11-15,18,21,24,26-27,29-39H2,1-3H3/b10-7-,17-16-,20-19-,23-22-,28-25-. The van der Waals surface area contributed by atoms with Crippen molar-refractivity contribution in [2.75, 3.05) is 13.2 Å². The Morgan fingerprint density at radius 3 is 1.22 bits per heavy atom. The van der Waals surface area contributed by atoms with Crippen molar-refractivity contribution in [3.05, 3.63) is 60.8 Å². The zero-order valence-electron chi connectivity index (χ0n) is 31.7. The summed E-state index contributed by atoms with van der Waals surface area (Å²) in [4.78, 5) is 37.3. The predicted octanol–water partition coefficient (Wildman–Crippen LogP) is 12.2. The minimum absolute atomic E-state index is 0.0967. The maximum atomic E-state index is 12.6. The molecule has 0 heterocycles. The summed E-state index contributed by atoms with van der Waals surface area (Å²) in [5.74, 6) is -0.978. The molecule has 0 saturated heterocycles. The molecule has 0 radical (unpaired) electrons. The second-order valence-corrected chi connectivity index (χ2v) is 12.8. The fraction of sp³-hybridized carbons (Fsp3) is 0.698. The SMILES string of the molecule is CC/C=C\C/C=C\C/C=C\C/C=C\C/C=C\CCCC(=O)OC(COC(=O)CCCCCCCCC)COC(=O)CCCCCCCCC. The van der Waals surface area contributed by atoms with Crippen molar-refractivity contribution < 1.29 is 28.6 Å². The largest absolute Gasteiger partial charge is 0.462 e. The fourth-order valence-electron chi connectivity index (χ4n) is 5.06. The molecule has 0 spiro atoms. The second-order valence-electron chi connectivity index (χ2n) is 12.8. The van der Waals surface area contributed by atoms with Crippen LogP contribution in [-0.4, -0.2) is 37.2 Å². The lowest BCUT2D eigenvalue weighted by atomic mass is 10.1. The summed E-state index contributed by atoms with van der Waals surface area (Å²) in [5.41, 5.74) is 0. The highest BCUT2D eigenvalue weighted by Crippen LogP contribution is 2.11. The van der Waals surface area contributed by atoms with Gasteiger partial charge in [-0.15, -0.1) is 0 Å². The Labute approximate surface area is 300 Å². The van der Waals surface area contributed by atoms with Crippen molar-refractivity contribution in [2.24, 2.45) is 0 Å². The third-order valence-corrected chi connectivity index (χ3v) is 8.04. The number of rotatable bonds is 34. The lowest BCUT2D eigenvalue weighted by molar-refractivity contribution is -0.167. The van der Waals surface area contributed by atoms with E-state index >= 15 is 0 Å². The van der Waals surface area contributed by atoms with E-state index in [9.17, 15) is 14.4 Å². The van der Waals surface area contributed by atoms with E-state index in [0.717, 1.165) is 77.0 Å². The number of carbonyl (C=O) groups is 3. The summed E-state index contributed by atoms with van der Waals surface area (Å²) in [6, 6.07) is 0. The van der Waals surface area contributed by atoms with E-state index in [-0.39, 0.29) is 37.5 Å². The summed E-state index contributed by atoms with van der Waals surface area (Å²) in [6.45, 7) is 6.35. The minimum Gasteiger partial charge on any atom is -0.462 e. The van der Waals surface area contributed by atoms with Crippen LogP contribution in [0.3, 0.4) is 0 Å². The maximum absolute atomic E-state index is 12.6. The molecule has 0 bridgehead atoms. The smallest absolute Gasteiger partial charge is 0.306 e. The third-order valence-electron chi connectivity index (χ3n) is 8.04. The van der Waals surface area contributed by atoms with Crippen molar-refractivity contribution >= 4 is 17.9 Å². The fourth-order valence-corrected chi connectivity index (χ4v) is 5.06. The van der Waals surface area contributed by atoms with Gasteiger partial charge in [0.15, 0.2) is 6.10 Å². The molecule has 6 heteroatoms. The molecular weight excluding hydrogens is 612 g/mol. The van der Waals surface area contributed by atoms with Crippen molar-refractivity contribution in [1.29, 1.82) is 0 Å². The molecule has 0 rings (SSSR count). The first-order chi connectivity index (χ1) is 24.0. The van der Waals surface area contributed by atoms with Crippen LogP contribution >= 0.6 is 0 Å². The highest BCUT2D eigenvalue weighted by Gasteiger charge is 2.19. The molecule has 6 nitrogen and oxygen atoms in total. The number of ether oxygens (including phenoxy) is 3. The molecule has 0 aliphatic carbocycles. The van der Waals surface area contributed by atoms with Crippen LogP contribution in [0.5, 0.6) is 0 Å². The lowest BCUT2D eigenvalue weighted by Crippen LogP contribution is -2.30. The van der Waals surface area contributed by atoms with Crippen LogP contribution in [-0.2, 0) is 28.6 Å². The Morgan fingerprint density at radius 1 is 0.429 bits per heavy atom. The Bertz CT molecular complexity index is 895. The van der Waals surface area contributed by atoms with Gasteiger partial charge in [0, 0.05) is 19.3 Å². The molecular formula is C43H72O6. The van der Waals surface area contributed by atoms with E-state index in [2.05, 4.69) is 81.5 Å². The number of hydrogen-bond donors (Lipinski definition) is 0. The molecule has 0 fully saturated rings. The van der Waals surface area contributed by atoms with Gasteiger partial charge >= 0.3 is 17.9 Å². The number of allylic oxidation sites excluding steroid dienone is 10. The van der Waals surface area contributed by atoms with Crippen LogP contribution in [0, 0.1) is 0 Å². The molecule has 0 amide bonds. The molecule has 0 saturated carbocycles. The monoisotopic (exact) mass is 685 g/mol. The van der Waals surface area contributed by atoms with E-state index < -0.39 is 6.10 Å². The molecule has 0 aromatic rings. The van der Waals surface area contributed by atoms with Gasteiger partial charge in [-0.3, -0.25) is 14.4 Å². The van der Waals surface area contributed by atoms with Crippen LogP contribution in [0.15, 0.2) is 60.8 Å². The highest BCUT2D eigenvalue weighted by atomic mass is 16.6. The topological polar surface area (TPSA) is 78.9 Å². The van der Waals surface area contributed by atoms with Crippen LogP contribution in [0.1, 0.15) is 175 Å².